The zero-order valence-corrected chi connectivity index (χ0v) is 18.6. The molecule has 2 aromatic carbocycles. The van der Waals surface area contributed by atoms with Crippen molar-refractivity contribution < 1.29 is 14.2 Å². The first-order chi connectivity index (χ1) is 15.2. The van der Waals surface area contributed by atoms with E-state index < -0.39 is 5.72 Å². The number of hydrazone groups is 1. The van der Waals surface area contributed by atoms with E-state index in [4.69, 9.17) is 19.3 Å². The Hall–Kier alpha value is -2.73. The number of piperidine rings is 1. The Morgan fingerprint density at radius 2 is 1.87 bits per heavy atom. The second-order valence-corrected chi connectivity index (χ2v) is 8.43. The summed E-state index contributed by atoms with van der Waals surface area (Å²) in [6.45, 7) is 7.96. The average molecular weight is 422 g/mol. The number of nitrogens with zero attached hydrogens (tertiary/aromatic N) is 3. The van der Waals surface area contributed by atoms with Gasteiger partial charge in [0.2, 0.25) is 5.72 Å². The lowest BCUT2D eigenvalue weighted by molar-refractivity contribution is -0.150. The minimum Gasteiger partial charge on any atom is -0.497 e. The van der Waals surface area contributed by atoms with Crippen LogP contribution in [-0.4, -0.2) is 54.7 Å². The summed E-state index contributed by atoms with van der Waals surface area (Å²) >= 11 is 0. The van der Waals surface area contributed by atoms with Crippen LogP contribution in [0.25, 0.3) is 0 Å². The van der Waals surface area contributed by atoms with Crippen LogP contribution < -0.4 is 14.2 Å². The van der Waals surface area contributed by atoms with Crippen molar-refractivity contribution in [1.29, 1.82) is 0 Å². The average Bonchev–Trinajstić information content (AvgIpc) is 3.27. The van der Waals surface area contributed by atoms with Gasteiger partial charge in [-0.1, -0.05) is 19.1 Å². The molecule has 0 aromatic heterocycles. The summed E-state index contributed by atoms with van der Waals surface area (Å²) in [4.78, 5) is 2.48. The van der Waals surface area contributed by atoms with Gasteiger partial charge in [0.25, 0.3) is 0 Å². The van der Waals surface area contributed by atoms with E-state index in [0.29, 0.717) is 6.61 Å². The van der Waals surface area contributed by atoms with E-state index in [0.717, 1.165) is 67.4 Å². The number of likely N-dealkylation sites (tertiary alicyclic amines) is 1. The third kappa shape index (κ3) is 3.43. The summed E-state index contributed by atoms with van der Waals surface area (Å²) in [7, 11) is 1.69. The lowest BCUT2D eigenvalue weighted by atomic mass is 9.90. The van der Waals surface area contributed by atoms with E-state index in [-0.39, 0.29) is 6.04 Å². The van der Waals surface area contributed by atoms with E-state index in [1.54, 1.807) is 7.11 Å². The summed E-state index contributed by atoms with van der Waals surface area (Å²) in [5.41, 5.74) is 2.98. The minimum atomic E-state index is -0.426. The third-order valence-corrected chi connectivity index (χ3v) is 6.80. The fourth-order valence-corrected chi connectivity index (χ4v) is 5.05. The van der Waals surface area contributed by atoms with Gasteiger partial charge < -0.3 is 19.1 Å². The van der Waals surface area contributed by atoms with Crippen molar-refractivity contribution in [2.45, 2.75) is 44.9 Å². The SMILES string of the molecule is CCOc1cccc2c1OC1(CCN(CC)CC1)N1N=C(c3ccc(OC)cc3)C[C@H]21. The van der Waals surface area contributed by atoms with Gasteiger partial charge in [-0.3, -0.25) is 0 Å². The molecule has 3 aliphatic rings. The van der Waals surface area contributed by atoms with Gasteiger partial charge in [0.05, 0.1) is 25.5 Å². The molecule has 31 heavy (non-hydrogen) atoms. The van der Waals surface area contributed by atoms with E-state index in [1.807, 2.05) is 25.1 Å². The Bertz CT molecular complexity index is 964. The Kier molecular flexibility index (Phi) is 5.26. The maximum Gasteiger partial charge on any atom is 0.200 e. The molecule has 0 bridgehead atoms. The maximum atomic E-state index is 6.82. The monoisotopic (exact) mass is 421 g/mol. The summed E-state index contributed by atoms with van der Waals surface area (Å²) in [6, 6.07) is 14.6. The predicted octanol–water partition coefficient (Wildman–Crippen LogP) is 4.45. The van der Waals surface area contributed by atoms with Gasteiger partial charge in [0.15, 0.2) is 11.5 Å². The van der Waals surface area contributed by atoms with Gasteiger partial charge in [-0.25, -0.2) is 5.01 Å². The first-order valence-corrected chi connectivity index (χ1v) is 11.4. The standard InChI is InChI=1S/C25H31N3O3/c1-4-27-15-13-25(14-16-27)28-22(20-7-6-8-23(30-5-2)24(20)31-25)17-21(26-28)18-9-11-19(29-3)12-10-18/h6-12,22H,4-5,13-17H2,1-3H3/t22-/m1/s1. The molecule has 0 aliphatic carbocycles. The third-order valence-electron chi connectivity index (χ3n) is 6.80. The molecule has 1 atom stereocenters. The van der Waals surface area contributed by atoms with Gasteiger partial charge in [-0.05, 0) is 49.4 Å². The highest BCUT2D eigenvalue weighted by Gasteiger charge is 2.52. The number of methoxy groups -OCH3 is 1. The largest absolute Gasteiger partial charge is 0.497 e. The Morgan fingerprint density at radius 3 is 2.55 bits per heavy atom. The quantitative estimate of drug-likeness (QED) is 0.714. The van der Waals surface area contributed by atoms with Gasteiger partial charge in [-0.15, -0.1) is 0 Å². The van der Waals surface area contributed by atoms with E-state index >= 15 is 0 Å². The lowest BCUT2D eigenvalue weighted by Gasteiger charge is -2.51. The molecule has 1 saturated heterocycles. The van der Waals surface area contributed by atoms with Crippen LogP contribution in [0.1, 0.15) is 50.3 Å². The first kappa shape index (κ1) is 20.2. The number of benzene rings is 2. The number of hydrogen-bond acceptors (Lipinski definition) is 6. The second kappa shape index (κ2) is 8.08. The molecule has 164 valence electrons. The Morgan fingerprint density at radius 1 is 1.10 bits per heavy atom. The van der Waals surface area contributed by atoms with Gasteiger partial charge in [0.1, 0.15) is 5.75 Å². The molecule has 0 unspecified atom stereocenters. The van der Waals surface area contributed by atoms with Crippen molar-refractivity contribution in [1.82, 2.24) is 9.91 Å². The molecule has 5 rings (SSSR count). The second-order valence-electron chi connectivity index (χ2n) is 8.43. The zero-order chi connectivity index (χ0) is 21.4. The lowest BCUT2D eigenvalue weighted by Crippen LogP contribution is -2.59. The van der Waals surface area contributed by atoms with Gasteiger partial charge in [0, 0.05) is 37.9 Å². The number of ether oxygens (including phenoxy) is 3. The molecular weight excluding hydrogens is 390 g/mol. The van der Waals surface area contributed by atoms with Crippen LogP contribution in [0, 0.1) is 0 Å². The van der Waals surface area contributed by atoms with Crippen LogP contribution in [0.3, 0.4) is 0 Å². The topological polar surface area (TPSA) is 46.5 Å². The van der Waals surface area contributed by atoms with Crippen LogP contribution in [0.4, 0.5) is 0 Å². The molecule has 1 spiro atoms. The predicted molar refractivity (Wildman–Crippen MR) is 121 cm³/mol. The van der Waals surface area contributed by atoms with Gasteiger partial charge in [-0.2, -0.15) is 5.10 Å². The summed E-state index contributed by atoms with van der Waals surface area (Å²) < 4.78 is 18.1. The number of para-hydroxylation sites is 1. The smallest absolute Gasteiger partial charge is 0.200 e. The maximum absolute atomic E-state index is 6.82. The van der Waals surface area contributed by atoms with Crippen molar-refractivity contribution >= 4 is 5.71 Å². The molecule has 6 nitrogen and oxygen atoms in total. The summed E-state index contributed by atoms with van der Waals surface area (Å²) in [5, 5.41) is 7.42. The normalized spacial score (nSPS) is 21.8. The number of hydrogen-bond donors (Lipinski definition) is 0. The number of rotatable bonds is 5. The fraction of sp³-hybridized carbons (Fsp3) is 0.480. The molecule has 3 aliphatic heterocycles. The molecule has 1 fully saturated rings. The van der Waals surface area contributed by atoms with Crippen LogP contribution in [0.5, 0.6) is 17.2 Å². The van der Waals surface area contributed by atoms with E-state index in [1.165, 1.54) is 5.56 Å². The highest BCUT2D eigenvalue weighted by Crippen LogP contribution is 2.52. The molecule has 0 N–H and O–H groups in total. The summed E-state index contributed by atoms with van der Waals surface area (Å²) in [6.07, 6.45) is 2.71. The molecule has 0 saturated carbocycles. The Balaban J connectivity index is 1.55. The van der Waals surface area contributed by atoms with Crippen molar-refractivity contribution in [3.05, 3.63) is 53.6 Å². The Labute approximate surface area is 184 Å². The van der Waals surface area contributed by atoms with Crippen LogP contribution in [0.2, 0.25) is 0 Å². The zero-order valence-electron chi connectivity index (χ0n) is 18.6. The van der Waals surface area contributed by atoms with Crippen molar-refractivity contribution in [3.8, 4) is 17.2 Å². The number of fused-ring (bicyclic) bond motifs is 4. The van der Waals surface area contributed by atoms with Crippen molar-refractivity contribution in [2.24, 2.45) is 5.10 Å². The fourth-order valence-electron chi connectivity index (χ4n) is 5.05. The molecule has 6 heteroatoms. The molecule has 2 aromatic rings. The van der Waals surface area contributed by atoms with E-state index in [9.17, 15) is 0 Å². The highest BCUT2D eigenvalue weighted by atomic mass is 16.6. The first-order valence-electron chi connectivity index (χ1n) is 11.4. The van der Waals surface area contributed by atoms with Gasteiger partial charge >= 0.3 is 0 Å². The molecule has 0 radical (unpaired) electrons. The van der Waals surface area contributed by atoms with Crippen molar-refractivity contribution in [2.75, 3.05) is 33.4 Å². The van der Waals surface area contributed by atoms with Crippen LogP contribution >= 0.6 is 0 Å². The minimum absolute atomic E-state index is 0.162. The molecule has 3 heterocycles. The van der Waals surface area contributed by atoms with Crippen LogP contribution in [-0.2, 0) is 0 Å². The molecule has 0 amide bonds. The highest BCUT2D eigenvalue weighted by molar-refractivity contribution is 6.02. The summed E-state index contributed by atoms with van der Waals surface area (Å²) in [5.74, 6) is 2.61. The van der Waals surface area contributed by atoms with Crippen LogP contribution in [0.15, 0.2) is 47.6 Å². The molecular formula is C25H31N3O3. The van der Waals surface area contributed by atoms with Crippen molar-refractivity contribution in [3.63, 3.8) is 0 Å². The van der Waals surface area contributed by atoms with E-state index in [2.05, 4.69) is 41.1 Å².